The minimum atomic E-state index is -0.592. The summed E-state index contributed by atoms with van der Waals surface area (Å²) in [6.07, 6.45) is 0. The minimum absolute atomic E-state index is 0.220. The van der Waals surface area contributed by atoms with Gasteiger partial charge in [-0.3, -0.25) is 0 Å². The number of carbonyl (C=O) groups is 1. The highest BCUT2D eigenvalue weighted by Gasteiger charge is 2.19. The number of ether oxygens (including phenoxy) is 1. The highest BCUT2D eigenvalue weighted by atomic mass is 19.1. The molecule has 0 atom stereocenters. The lowest BCUT2D eigenvalue weighted by atomic mass is 10.0. The van der Waals surface area contributed by atoms with Gasteiger partial charge >= 0.3 is 5.97 Å². The molecule has 2 aromatic rings. The molecule has 2 rings (SSSR count). The molecule has 0 spiro atoms. The van der Waals surface area contributed by atoms with Crippen LogP contribution in [0.1, 0.15) is 31.1 Å². The van der Waals surface area contributed by atoms with Crippen LogP contribution < -0.4 is 0 Å². The third-order valence-corrected chi connectivity index (χ3v) is 2.69. The zero-order chi connectivity index (χ0) is 14.8. The van der Waals surface area contributed by atoms with Crippen LogP contribution in [0.15, 0.2) is 48.5 Å². The molecule has 0 aliphatic carbocycles. The Kier molecular flexibility index (Phi) is 3.89. The van der Waals surface area contributed by atoms with E-state index in [-0.39, 0.29) is 5.56 Å². The molecule has 2 nitrogen and oxygen atoms in total. The first-order chi connectivity index (χ1) is 9.37. The Labute approximate surface area is 118 Å². The van der Waals surface area contributed by atoms with Crippen molar-refractivity contribution in [2.75, 3.05) is 0 Å². The van der Waals surface area contributed by atoms with Crippen molar-refractivity contribution in [1.82, 2.24) is 0 Å². The van der Waals surface area contributed by atoms with Crippen LogP contribution >= 0.6 is 0 Å². The Morgan fingerprint density at radius 3 is 2.25 bits per heavy atom. The molecule has 104 valence electrons. The van der Waals surface area contributed by atoms with Crippen LogP contribution in [0.4, 0.5) is 4.39 Å². The molecule has 2 aromatic carbocycles. The number of hydrogen-bond acceptors (Lipinski definition) is 2. The number of hydrogen-bond donors (Lipinski definition) is 0. The molecule has 0 bridgehead atoms. The summed E-state index contributed by atoms with van der Waals surface area (Å²) in [5.74, 6) is -0.949. The Balaban J connectivity index is 2.29. The van der Waals surface area contributed by atoms with Gasteiger partial charge in [0.15, 0.2) is 0 Å². The lowest BCUT2D eigenvalue weighted by Crippen LogP contribution is -2.23. The maximum absolute atomic E-state index is 14.1. The fraction of sp³-hybridized carbons (Fsp3) is 0.235. The number of carbonyl (C=O) groups excluding carboxylic acids is 1. The van der Waals surface area contributed by atoms with Crippen LogP contribution in [-0.4, -0.2) is 11.6 Å². The SMILES string of the molecule is CC(C)(C)OC(=O)c1ccc(-c2ccccc2)c(F)c1. The van der Waals surface area contributed by atoms with Gasteiger partial charge in [0.25, 0.3) is 0 Å². The van der Waals surface area contributed by atoms with Gasteiger partial charge in [0, 0.05) is 5.56 Å². The lowest BCUT2D eigenvalue weighted by molar-refractivity contribution is 0.00690. The number of benzene rings is 2. The molecule has 3 heteroatoms. The molecule has 0 heterocycles. The number of rotatable bonds is 2. The highest BCUT2D eigenvalue weighted by molar-refractivity contribution is 5.90. The van der Waals surface area contributed by atoms with E-state index >= 15 is 0 Å². The van der Waals surface area contributed by atoms with Crippen LogP contribution in [0.3, 0.4) is 0 Å². The summed E-state index contributed by atoms with van der Waals surface area (Å²) in [5, 5.41) is 0. The van der Waals surface area contributed by atoms with E-state index in [1.165, 1.54) is 6.07 Å². The largest absolute Gasteiger partial charge is 0.456 e. The molecule has 0 aromatic heterocycles. The Morgan fingerprint density at radius 2 is 1.70 bits per heavy atom. The molecule has 20 heavy (non-hydrogen) atoms. The molecule has 0 aliphatic heterocycles. The molecule has 0 saturated heterocycles. The van der Waals surface area contributed by atoms with Crippen molar-refractivity contribution < 1.29 is 13.9 Å². The first kappa shape index (κ1) is 14.3. The van der Waals surface area contributed by atoms with Crippen LogP contribution in [-0.2, 0) is 4.74 Å². The standard InChI is InChI=1S/C17H17FO2/c1-17(2,3)20-16(19)13-9-10-14(15(18)11-13)12-7-5-4-6-8-12/h4-11H,1-3H3. The monoisotopic (exact) mass is 272 g/mol. The van der Waals surface area contributed by atoms with E-state index in [2.05, 4.69) is 0 Å². The van der Waals surface area contributed by atoms with Gasteiger partial charge < -0.3 is 4.74 Å². The number of halogens is 1. The number of esters is 1. The van der Waals surface area contributed by atoms with E-state index in [1.807, 2.05) is 30.3 Å². The van der Waals surface area contributed by atoms with E-state index in [0.717, 1.165) is 5.56 Å². The summed E-state index contributed by atoms with van der Waals surface area (Å²) in [7, 11) is 0. The smallest absolute Gasteiger partial charge is 0.338 e. The summed E-state index contributed by atoms with van der Waals surface area (Å²) in [6, 6.07) is 13.6. The fourth-order valence-corrected chi connectivity index (χ4v) is 1.83. The zero-order valence-electron chi connectivity index (χ0n) is 11.8. The van der Waals surface area contributed by atoms with Gasteiger partial charge in [0.2, 0.25) is 0 Å². The van der Waals surface area contributed by atoms with Gasteiger partial charge in [-0.05, 0) is 38.5 Å². The Morgan fingerprint density at radius 1 is 1.05 bits per heavy atom. The molecule has 0 saturated carbocycles. The van der Waals surface area contributed by atoms with Crippen molar-refractivity contribution in [3.05, 3.63) is 59.9 Å². The molecule has 0 N–H and O–H groups in total. The molecule has 0 aliphatic rings. The fourth-order valence-electron chi connectivity index (χ4n) is 1.83. The van der Waals surface area contributed by atoms with Crippen LogP contribution in [0.25, 0.3) is 11.1 Å². The second-order valence-electron chi connectivity index (χ2n) is 5.56. The van der Waals surface area contributed by atoms with E-state index in [1.54, 1.807) is 32.9 Å². The van der Waals surface area contributed by atoms with Crippen LogP contribution in [0.5, 0.6) is 0 Å². The maximum Gasteiger partial charge on any atom is 0.338 e. The first-order valence-corrected chi connectivity index (χ1v) is 6.45. The average molecular weight is 272 g/mol. The van der Waals surface area contributed by atoms with Gasteiger partial charge in [0.05, 0.1) is 5.56 Å². The van der Waals surface area contributed by atoms with E-state index < -0.39 is 17.4 Å². The maximum atomic E-state index is 14.1. The summed E-state index contributed by atoms with van der Waals surface area (Å²) >= 11 is 0. The van der Waals surface area contributed by atoms with Gasteiger partial charge in [-0.25, -0.2) is 9.18 Å². The average Bonchev–Trinajstić information content (AvgIpc) is 2.37. The molecule has 0 radical (unpaired) electrons. The summed E-state index contributed by atoms with van der Waals surface area (Å²) in [5.41, 5.74) is 0.877. The molecule has 0 amide bonds. The van der Waals surface area contributed by atoms with Crippen molar-refractivity contribution in [3.63, 3.8) is 0 Å². The molecule has 0 fully saturated rings. The van der Waals surface area contributed by atoms with E-state index in [9.17, 15) is 9.18 Å². The van der Waals surface area contributed by atoms with Crippen molar-refractivity contribution in [2.45, 2.75) is 26.4 Å². The molecular weight excluding hydrogens is 255 g/mol. The quantitative estimate of drug-likeness (QED) is 0.755. The van der Waals surface area contributed by atoms with Gasteiger partial charge in [-0.1, -0.05) is 36.4 Å². The third kappa shape index (κ3) is 3.44. The highest BCUT2D eigenvalue weighted by Crippen LogP contribution is 2.24. The Bertz CT molecular complexity index is 613. The normalized spacial score (nSPS) is 11.2. The molecular formula is C17H17FO2. The van der Waals surface area contributed by atoms with Gasteiger partial charge in [-0.15, -0.1) is 0 Å². The zero-order valence-corrected chi connectivity index (χ0v) is 11.8. The molecule has 0 unspecified atom stereocenters. The predicted molar refractivity (Wildman–Crippen MR) is 77.0 cm³/mol. The van der Waals surface area contributed by atoms with Crippen LogP contribution in [0.2, 0.25) is 0 Å². The minimum Gasteiger partial charge on any atom is -0.456 e. The summed E-state index contributed by atoms with van der Waals surface area (Å²) in [4.78, 5) is 11.9. The second kappa shape index (κ2) is 5.45. The van der Waals surface area contributed by atoms with Crippen molar-refractivity contribution in [3.8, 4) is 11.1 Å². The summed E-state index contributed by atoms with van der Waals surface area (Å²) in [6.45, 7) is 5.33. The third-order valence-electron chi connectivity index (χ3n) is 2.69. The Hall–Kier alpha value is -2.16. The second-order valence-corrected chi connectivity index (χ2v) is 5.56. The van der Waals surface area contributed by atoms with E-state index in [0.29, 0.717) is 5.56 Å². The van der Waals surface area contributed by atoms with E-state index in [4.69, 9.17) is 4.74 Å². The predicted octanol–water partition coefficient (Wildman–Crippen LogP) is 4.45. The van der Waals surface area contributed by atoms with Crippen molar-refractivity contribution in [1.29, 1.82) is 0 Å². The van der Waals surface area contributed by atoms with Gasteiger partial charge in [-0.2, -0.15) is 0 Å². The van der Waals surface area contributed by atoms with Crippen molar-refractivity contribution in [2.24, 2.45) is 0 Å². The topological polar surface area (TPSA) is 26.3 Å². The lowest BCUT2D eigenvalue weighted by Gasteiger charge is -2.19. The van der Waals surface area contributed by atoms with Gasteiger partial charge in [0.1, 0.15) is 11.4 Å². The van der Waals surface area contributed by atoms with Crippen LogP contribution in [0, 0.1) is 5.82 Å². The van der Waals surface area contributed by atoms with Crippen molar-refractivity contribution >= 4 is 5.97 Å². The first-order valence-electron chi connectivity index (χ1n) is 6.45. The summed E-state index contributed by atoms with van der Waals surface area (Å²) < 4.78 is 19.3.